The number of nitrogens with zero attached hydrogens (tertiary/aromatic N) is 2. The first-order valence-corrected chi connectivity index (χ1v) is 7.39. The van der Waals surface area contributed by atoms with Gasteiger partial charge in [-0.1, -0.05) is 12.0 Å². The Labute approximate surface area is 135 Å². The number of nitrogens with one attached hydrogen (secondary N) is 1. The molecule has 118 valence electrons. The van der Waals surface area contributed by atoms with Gasteiger partial charge in [0.15, 0.2) is 0 Å². The van der Waals surface area contributed by atoms with E-state index < -0.39 is 17.2 Å². The Hall–Kier alpha value is -3.05. The second-order valence-corrected chi connectivity index (χ2v) is 5.51. The first kappa shape index (κ1) is 16.3. The number of terminal acetylenes is 1. The molecule has 0 aliphatic heterocycles. The summed E-state index contributed by atoms with van der Waals surface area (Å²) < 4.78 is 1.88. The van der Waals surface area contributed by atoms with Gasteiger partial charge in [0.1, 0.15) is 11.5 Å². The highest BCUT2D eigenvalue weighted by molar-refractivity contribution is 7.10. The highest BCUT2D eigenvalue weighted by Gasteiger charge is 2.16. The molecule has 0 aliphatic rings. The van der Waals surface area contributed by atoms with Crippen LogP contribution in [0.5, 0.6) is 0 Å². The fourth-order valence-corrected chi connectivity index (χ4v) is 2.46. The van der Waals surface area contributed by atoms with Gasteiger partial charge < -0.3 is 11.1 Å². The van der Waals surface area contributed by atoms with Crippen LogP contribution < -0.4 is 22.3 Å². The molecule has 0 unspecified atom stereocenters. The minimum Gasteiger partial charge on any atom is -0.383 e. The summed E-state index contributed by atoms with van der Waals surface area (Å²) in [5.41, 5.74) is 4.20. The maximum atomic E-state index is 12.3. The predicted octanol–water partition coefficient (Wildman–Crippen LogP) is 0.476. The molecule has 0 bridgehead atoms. The molecule has 0 spiro atoms. The molecule has 8 heteroatoms. The summed E-state index contributed by atoms with van der Waals surface area (Å²) in [6.07, 6.45) is 8.04. The molecule has 0 aliphatic carbocycles. The first-order valence-electron chi connectivity index (χ1n) is 6.51. The molecule has 2 heterocycles. The van der Waals surface area contributed by atoms with Gasteiger partial charge >= 0.3 is 5.69 Å². The van der Waals surface area contributed by atoms with Crippen molar-refractivity contribution in [3.05, 3.63) is 49.3 Å². The molecule has 2 aromatic rings. The molecule has 1 amide bonds. The van der Waals surface area contributed by atoms with Gasteiger partial charge in [-0.25, -0.2) is 9.36 Å². The van der Waals surface area contributed by atoms with Crippen LogP contribution in [0.15, 0.2) is 33.2 Å². The van der Waals surface area contributed by atoms with Crippen LogP contribution in [0.1, 0.15) is 4.88 Å². The van der Waals surface area contributed by atoms with Crippen LogP contribution in [0.2, 0.25) is 0 Å². The van der Waals surface area contributed by atoms with Crippen LogP contribution in [-0.4, -0.2) is 15.0 Å². The van der Waals surface area contributed by atoms with E-state index in [1.54, 1.807) is 6.08 Å². The SMILES string of the molecule is C#CCn1c(=O)c(NC(=O)/C=C/c2cccs2)c(N)n(C)c1=O. The smallest absolute Gasteiger partial charge is 0.333 e. The van der Waals surface area contributed by atoms with Crippen LogP contribution >= 0.6 is 11.3 Å². The zero-order valence-electron chi connectivity index (χ0n) is 12.3. The average molecular weight is 330 g/mol. The Morgan fingerprint density at radius 2 is 2.26 bits per heavy atom. The van der Waals surface area contributed by atoms with Crippen molar-refractivity contribution in [2.75, 3.05) is 11.1 Å². The second kappa shape index (κ2) is 6.81. The molecule has 0 saturated heterocycles. The van der Waals surface area contributed by atoms with Crippen LogP contribution in [0, 0.1) is 12.3 Å². The van der Waals surface area contributed by atoms with E-state index in [2.05, 4.69) is 11.2 Å². The maximum Gasteiger partial charge on any atom is 0.333 e. The van der Waals surface area contributed by atoms with E-state index in [1.165, 1.54) is 24.5 Å². The van der Waals surface area contributed by atoms with Crippen molar-refractivity contribution in [1.29, 1.82) is 0 Å². The zero-order chi connectivity index (χ0) is 17.0. The zero-order valence-corrected chi connectivity index (χ0v) is 13.1. The average Bonchev–Trinajstić information content (AvgIpc) is 3.05. The Kier molecular flexibility index (Phi) is 4.83. The van der Waals surface area contributed by atoms with Crippen molar-refractivity contribution in [2.45, 2.75) is 6.54 Å². The van der Waals surface area contributed by atoms with E-state index in [0.29, 0.717) is 0 Å². The fraction of sp³-hybridized carbons (Fsp3) is 0.133. The number of anilines is 2. The third kappa shape index (κ3) is 3.41. The van der Waals surface area contributed by atoms with Gasteiger partial charge in [-0.3, -0.25) is 14.2 Å². The summed E-state index contributed by atoms with van der Waals surface area (Å²) in [6.45, 7) is -0.209. The Morgan fingerprint density at radius 3 is 2.87 bits per heavy atom. The molecule has 7 nitrogen and oxygen atoms in total. The van der Waals surface area contributed by atoms with Crippen molar-refractivity contribution < 1.29 is 4.79 Å². The molecule has 2 aromatic heterocycles. The van der Waals surface area contributed by atoms with E-state index >= 15 is 0 Å². The summed E-state index contributed by atoms with van der Waals surface area (Å²) in [7, 11) is 1.39. The number of carbonyl (C=O) groups excluding carboxylic acids is 1. The van der Waals surface area contributed by atoms with Gasteiger partial charge in [0.2, 0.25) is 5.91 Å². The summed E-state index contributed by atoms with van der Waals surface area (Å²) in [4.78, 5) is 37.0. The number of hydrogen-bond donors (Lipinski definition) is 2. The van der Waals surface area contributed by atoms with Crippen molar-refractivity contribution in [1.82, 2.24) is 9.13 Å². The van der Waals surface area contributed by atoms with Gasteiger partial charge in [-0.15, -0.1) is 17.8 Å². The van der Waals surface area contributed by atoms with E-state index in [-0.39, 0.29) is 18.1 Å². The van der Waals surface area contributed by atoms with E-state index in [9.17, 15) is 14.4 Å². The summed E-state index contributed by atoms with van der Waals surface area (Å²) >= 11 is 1.47. The highest BCUT2D eigenvalue weighted by atomic mass is 32.1. The molecular weight excluding hydrogens is 316 g/mol. The molecule has 23 heavy (non-hydrogen) atoms. The molecular formula is C15H14N4O3S. The Bertz CT molecular complexity index is 914. The highest BCUT2D eigenvalue weighted by Crippen LogP contribution is 2.12. The Balaban J connectivity index is 2.36. The number of rotatable bonds is 4. The predicted molar refractivity (Wildman–Crippen MR) is 91.2 cm³/mol. The van der Waals surface area contributed by atoms with E-state index in [1.807, 2.05) is 17.5 Å². The monoisotopic (exact) mass is 330 g/mol. The van der Waals surface area contributed by atoms with Crippen molar-refractivity contribution in [3.8, 4) is 12.3 Å². The molecule has 0 fully saturated rings. The number of hydrogen-bond acceptors (Lipinski definition) is 5. The van der Waals surface area contributed by atoms with Crippen LogP contribution in [-0.2, 0) is 18.4 Å². The summed E-state index contributed by atoms with van der Waals surface area (Å²) in [5.74, 6) is 1.55. The quantitative estimate of drug-likeness (QED) is 0.629. The lowest BCUT2D eigenvalue weighted by molar-refractivity contribution is -0.111. The largest absolute Gasteiger partial charge is 0.383 e. The number of amides is 1. The Morgan fingerprint density at radius 1 is 1.52 bits per heavy atom. The van der Waals surface area contributed by atoms with E-state index in [0.717, 1.165) is 14.0 Å². The number of nitrogen functional groups attached to an aromatic ring is 1. The normalized spacial score (nSPS) is 10.6. The summed E-state index contributed by atoms with van der Waals surface area (Å²) in [6, 6.07) is 3.70. The van der Waals surface area contributed by atoms with Gasteiger partial charge in [0, 0.05) is 18.0 Å². The molecule has 0 radical (unpaired) electrons. The van der Waals surface area contributed by atoms with E-state index in [4.69, 9.17) is 12.2 Å². The van der Waals surface area contributed by atoms with Crippen LogP contribution in [0.3, 0.4) is 0 Å². The molecule has 0 saturated carbocycles. The number of thiophene rings is 1. The van der Waals surface area contributed by atoms with Crippen LogP contribution in [0.25, 0.3) is 6.08 Å². The first-order chi connectivity index (χ1) is 11.0. The van der Waals surface area contributed by atoms with Crippen molar-refractivity contribution in [3.63, 3.8) is 0 Å². The molecule has 2 rings (SSSR count). The standard InChI is InChI=1S/C15H14N4O3S/c1-3-8-19-14(21)12(13(16)18(2)15(19)22)17-11(20)7-6-10-5-4-9-23-10/h1,4-7,9H,8,16H2,2H3,(H,17,20)/b7-6+. The summed E-state index contributed by atoms with van der Waals surface area (Å²) in [5, 5.41) is 4.28. The second-order valence-electron chi connectivity index (χ2n) is 4.54. The molecule has 0 aromatic carbocycles. The minimum absolute atomic E-state index is 0.133. The third-order valence-corrected chi connectivity index (χ3v) is 3.87. The molecule has 3 N–H and O–H groups in total. The van der Waals surface area contributed by atoms with Gasteiger partial charge in [0.05, 0.1) is 6.54 Å². The van der Waals surface area contributed by atoms with Crippen LogP contribution in [0.4, 0.5) is 11.5 Å². The third-order valence-electron chi connectivity index (χ3n) is 3.03. The molecule has 0 atom stereocenters. The topological polar surface area (TPSA) is 99.1 Å². The fourth-order valence-electron chi connectivity index (χ4n) is 1.84. The minimum atomic E-state index is -0.735. The lowest BCUT2D eigenvalue weighted by atomic mass is 10.3. The van der Waals surface area contributed by atoms with Gasteiger partial charge in [-0.05, 0) is 17.5 Å². The number of nitrogens with two attached hydrogens (primary N) is 1. The van der Waals surface area contributed by atoms with Gasteiger partial charge in [0.25, 0.3) is 5.56 Å². The maximum absolute atomic E-state index is 12.3. The van der Waals surface area contributed by atoms with Crippen molar-refractivity contribution in [2.24, 2.45) is 7.05 Å². The number of aromatic nitrogens is 2. The number of carbonyl (C=O) groups is 1. The van der Waals surface area contributed by atoms with Gasteiger partial charge in [-0.2, -0.15) is 0 Å². The van der Waals surface area contributed by atoms with Crippen molar-refractivity contribution >= 4 is 34.8 Å². The lowest BCUT2D eigenvalue weighted by Gasteiger charge is -2.12. The lowest BCUT2D eigenvalue weighted by Crippen LogP contribution is -2.41.